The Morgan fingerprint density at radius 2 is 1.95 bits per heavy atom. The van der Waals surface area contributed by atoms with Gasteiger partial charge in [-0.2, -0.15) is 0 Å². The number of pyridine rings is 1. The van der Waals surface area contributed by atoms with Crippen molar-refractivity contribution in [1.29, 1.82) is 0 Å². The van der Waals surface area contributed by atoms with Crippen molar-refractivity contribution in [2.75, 3.05) is 18.4 Å². The molecule has 1 aliphatic rings. The molecule has 0 spiro atoms. The molecule has 1 fully saturated rings. The smallest absolute Gasteiger partial charge is 0.256 e. The van der Waals surface area contributed by atoms with Crippen LogP contribution in [0.2, 0.25) is 0 Å². The van der Waals surface area contributed by atoms with Crippen LogP contribution in [0.4, 0.5) is 10.1 Å². The van der Waals surface area contributed by atoms with Crippen molar-refractivity contribution < 1.29 is 9.18 Å². The standard InChI is InChI=1S/C17H18FN3O/c18-16-6-2-1-5-15(16)17(22)21-10-7-13(8-11-21)20-14-4-3-9-19-12-14/h1-6,9,12-13,20H,7-8,10-11H2. The van der Waals surface area contributed by atoms with E-state index in [-0.39, 0.29) is 11.5 Å². The van der Waals surface area contributed by atoms with Gasteiger partial charge in [0.05, 0.1) is 11.3 Å². The molecule has 0 aliphatic carbocycles. The molecule has 3 rings (SSSR count). The van der Waals surface area contributed by atoms with E-state index < -0.39 is 5.82 Å². The molecular weight excluding hydrogens is 281 g/mol. The fourth-order valence-corrected chi connectivity index (χ4v) is 2.72. The van der Waals surface area contributed by atoms with Crippen LogP contribution in [0.25, 0.3) is 0 Å². The molecule has 5 heteroatoms. The molecule has 1 amide bonds. The average molecular weight is 299 g/mol. The molecule has 114 valence electrons. The molecule has 1 saturated heterocycles. The van der Waals surface area contributed by atoms with Crippen molar-refractivity contribution in [2.45, 2.75) is 18.9 Å². The number of nitrogens with zero attached hydrogens (tertiary/aromatic N) is 2. The molecule has 1 aromatic carbocycles. The van der Waals surface area contributed by atoms with Gasteiger partial charge in [0.2, 0.25) is 0 Å². The molecule has 1 aromatic heterocycles. The number of piperidine rings is 1. The summed E-state index contributed by atoms with van der Waals surface area (Å²) in [5.74, 6) is -0.680. The van der Waals surface area contributed by atoms with Gasteiger partial charge >= 0.3 is 0 Å². The maximum Gasteiger partial charge on any atom is 0.256 e. The highest BCUT2D eigenvalue weighted by Gasteiger charge is 2.24. The number of aromatic nitrogens is 1. The van der Waals surface area contributed by atoms with Gasteiger partial charge < -0.3 is 10.2 Å². The van der Waals surface area contributed by atoms with Crippen LogP contribution in [0.15, 0.2) is 48.8 Å². The molecule has 0 atom stereocenters. The van der Waals surface area contributed by atoms with E-state index in [0.717, 1.165) is 18.5 Å². The number of hydrogen-bond acceptors (Lipinski definition) is 3. The number of carbonyl (C=O) groups excluding carboxylic acids is 1. The monoisotopic (exact) mass is 299 g/mol. The van der Waals surface area contributed by atoms with E-state index in [0.29, 0.717) is 19.1 Å². The molecule has 2 aromatic rings. The molecular formula is C17H18FN3O. The van der Waals surface area contributed by atoms with Crippen molar-refractivity contribution in [2.24, 2.45) is 0 Å². The number of hydrogen-bond donors (Lipinski definition) is 1. The summed E-state index contributed by atoms with van der Waals surface area (Å²) in [6.45, 7) is 1.26. The zero-order valence-corrected chi connectivity index (χ0v) is 12.2. The summed E-state index contributed by atoms with van der Waals surface area (Å²) >= 11 is 0. The van der Waals surface area contributed by atoms with Gasteiger partial charge in [-0.3, -0.25) is 9.78 Å². The van der Waals surface area contributed by atoms with Crippen molar-refractivity contribution in [3.05, 3.63) is 60.2 Å². The Morgan fingerprint density at radius 3 is 2.64 bits per heavy atom. The number of rotatable bonds is 3. The summed E-state index contributed by atoms with van der Waals surface area (Å²) in [7, 11) is 0. The van der Waals surface area contributed by atoms with Gasteiger partial charge in [0.15, 0.2) is 0 Å². The number of benzene rings is 1. The van der Waals surface area contributed by atoms with E-state index in [1.165, 1.54) is 12.1 Å². The summed E-state index contributed by atoms with van der Waals surface area (Å²) in [6.07, 6.45) is 5.21. The number of amides is 1. The van der Waals surface area contributed by atoms with E-state index in [1.807, 2.05) is 12.1 Å². The quantitative estimate of drug-likeness (QED) is 0.948. The molecule has 0 radical (unpaired) electrons. The Bertz CT molecular complexity index is 639. The second-order valence-electron chi connectivity index (χ2n) is 5.43. The predicted molar refractivity (Wildman–Crippen MR) is 83.2 cm³/mol. The third-order valence-electron chi connectivity index (χ3n) is 3.92. The summed E-state index contributed by atoms with van der Waals surface area (Å²) in [4.78, 5) is 18.1. The lowest BCUT2D eigenvalue weighted by atomic mass is 10.0. The second-order valence-corrected chi connectivity index (χ2v) is 5.43. The minimum atomic E-state index is -0.455. The van der Waals surface area contributed by atoms with E-state index in [9.17, 15) is 9.18 Å². The van der Waals surface area contributed by atoms with Gasteiger partial charge in [0.25, 0.3) is 5.91 Å². The Labute approximate surface area is 129 Å². The Morgan fingerprint density at radius 1 is 1.18 bits per heavy atom. The molecule has 2 heterocycles. The first-order chi connectivity index (χ1) is 10.7. The first kappa shape index (κ1) is 14.5. The van der Waals surface area contributed by atoms with Crippen LogP contribution in [0, 0.1) is 5.82 Å². The molecule has 0 unspecified atom stereocenters. The van der Waals surface area contributed by atoms with Gasteiger partial charge in [0, 0.05) is 31.5 Å². The Hall–Kier alpha value is -2.43. The highest BCUT2D eigenvalue weighted by atomic mass is 19.1. The Kier molecular flexibility index (Phi) is 4.32. The molecule has 0 saturated carbocycles. The van der Waals surface area contributed by atoms with E-state index in [4.69, 9.17) is 0 Å². The highest BCUT2D eigenvalue weighted by molar-refractivity contribution is 5.94. The number of nitrogens with one attached hydrogen (secondary N) is 1. The maximum atomic E-state index is 13.7. The minimum Gasteiger partial charge on any atom is -0.381 e. The van der Waals surface area contributed by atoms with Crippen molar-refractivity contribution in [3.8, 4) is 0 Å². The lowest BCUT2D eigenvalue weighted by Gasteiger charge is -2.33. The minimum absolute atomic E-state index is 0.154. The van der Waals surface area contributed by atoms with Crippen LogP contribution in [-0.2, 0) is 0 Å². The highest BCUT2D eigenvalue weighted by Crippen LogP contribution is 2.18. The van der Waals surface area contributed by atoms with Gasteiger partial charge in [-0.25, -0.2) is 4.39 Å². The van der Waals surface area contributed by atoms with Crippen molar-refractivity contribution in [1.82, 2.24) is 9.88 Å². The summed E-state index contributed by atoms with van der Waals surface area (Å²) in [6, 6.07) is 10.3. The molecule has 1 N–H and O–H groups in total. The van der Waals surface area contributed by atoms with Crippen LogP contribution in [0.5, 0.6) is 0 Å². The van der Waals surface area contributed by atoms with Gasteiger partial charge in [-0.1, -0.05) is 12.1 Å². The maximum absolute atomic E-state index is 13.7. The van der Waals surface area contributed by atoms with Gasteiger partial charge in [0.1, 0.15) is 5.82 Å². The molecule has 22 heavy (non-hydrogen) atoms. The first-order valence-corrected chi connectivity index (χ1v) is 7.44. The third-order valence-corrected chi connectivity index (χ3v) is 3.92. The van der Waals surface area contributed by atoms with E-state index in [1.54, 1.807) is 29.4 Å². The normalized spacial score (nSPS) is 15.6. The van der Waals surface area contributed by atoms with Gasteiger partial charge in [-0.15, -0.1) is 0 Å². The lowest BCUT2D eigenvalue weighted by molar-refractivity contribution is 0.0714. The number of carbonyl (C=O) groups is 1. The first-order valence-electron chi connectivity index (χ1n) is 7.44. The Balaban J connectivity index is 1.58. The predicted octanol–water partition coefficient (Wildman–Crippen LogP) is 2.94. The molecule has 4 nitrogen and oxygen atoms in total. The zero-order valence-electron chi connectivity index (χ0n) is 12.2. The summed E-state index contributed by atoms with van der Waals surface area (Å²) in [5, 5.41) is 3.42. The summed E-state index contributed by atoms with van der Waals surface area (Å²) < 4.78 is 13.7. The zero-order chi connectivity index (χ0) is 15.4. The van der Waals surface area contributed by atoms with Crippen LogP contribution in [0.1, 0.15) is 23.2 Å². The van der Waals surface area contributed by atoms with E-state index >= 15 is 0 Å². The summed E-state index contributed by atoms with van der Waals surface area (Å²) in [5.41, 5.74) is 1.14. The number of likely N-dealkylation sites (tertiary alicyclic amines) is 1. The SMILES string of the molecule is O=C(c1ccccc1F)N1CCC(Nc2cccnc2)CC1. The van der Waals surface area contributed by atoms with Crippen LogP contribution >= 0.6 is 0 Å². The molecule has 0 bridgehead atoms. The van der Waals surface area contributed by atoms with Crippen molar-refractivity contribution >= 4 is 11.6 Å². The van der Waals surface area contributed by atoms with Crippen LogP contribution < -0.4 is 5.32 Å². The number of anilines is 1. The van der Waals surface area contributed by atoms with Crippen molar-refractivity contribution in [3.63, 3.8) is 0 Å². The fourth-order valence-electron chi connectivity index (χ4n) is 2.72. The molecule has 1 aliphatic heterocycles. The van der Waals surface area contributed by atoms with Crippen LogP contribution in [0.3, 0.4) is 0 Å². The lowest BCUT2D eigenvalue weighted by Crippen LogP contribution is -2.42. The average Bonchev–Trinajstić information content (AvgIpc) is 2.56. The fraction of sp³-hybridized carbons (Fsp3) is 0.294. The third kappa shape index (κ3) is 3.24. The largest absolute Gasteiger partial charge is 0.381 e. The second kappa shape index (κ2) is 6.56. The number of halogens is 1. The topological polar surface area (TPSA) is 45.2 Å². The van der Waals surface area contributed by atoms with Gasteiger partial charge in [-0.05, 0) is 37.1 Å². The van der Waals surface area contributed by atoms with Crippen LogP contribution in [-0.4, -0.2) is 34.9 Å². The van der Waals surface area contributed by atoms with E-state index in [2.05, 4.69) is 10.3 Å².